The molecule has 12 heavy (non-hydrogen) atoms. The van der Waals surface area contributed by atoms with E-state index in [-0.39, 0.29) is 0 Å². The minimum Gasteiger partial charge on any atom is -0.388 e. The molecule has 0 spiro atoms. The molecule has 1 nitrogen and oxygen atoms in total. The van der Waals surface area contributed by atoms with E-state index in [4.69, 9.17) is 0 Å². The van der Waals surface area contributed by atoms with Crippen LogP contribution in [0.3, 0.4) is 0 Å². The molecule has 1 N–H and O–H groups in total. The summed E-state index contributed by atoms with van der Waals surface area (Å²) in [5.74, 6) is 0.801. The number of allylic oxidation sites excluding steroid dienone is 4. The van der Waals surface area contributed by atoms with E-state index < -0.39 is 0 Å². The van der Waals surface area contributed by atoms with Crippen molar-refractivity contribution in [3.05, 3.63) is 23.9 Å². The molecule has 0 saturated carbocycles. The third kappa shape index (κ3) is 1.71. The van der Waals surface area contributed by atoms with E-state index in [0.717, 1.165) is 5.92 Å². The summed E-state index contributed by atoms with van der Waals surface area (Å²) >= 11 is 0. The third-order valence-electron chi connectivity index (χ3n) is 2.83. The van der Waals surface area contributed by atoms with Crippen molar-refractivity contribution >= 4 is 0 Å². The van der Waals surface area contributed by atoms with Gasteiger partial charge in [-0.05, 0) is 25.3 Å². The lowest BCUT2D eigenvalue weighted by molar-refractivity contribution is 0.451. The van der Waals surface area contributed by atoms with Gasteiger partial charge in [0.05, 0.1) is 0 Å². The van der Waals surface area contributed by atoms with Gasteiger partial charge in [-0.15, -0.1) is 0 Å². The van der Waals surface area contributed by atoms with Crippen LogP contribution in [0.4, 0.5) is 0 Å². The van der Waals surface area contributed by atoms with Gasteiger partial charge in [0.2, 0.25) is 0 Å². The minimum atomic E-state index is 0.801. The predicted molar refractivity (Wildman–Crippen MR) is 51.8 cm³/mol. The summed E-state index contributed by atoms with van der Waals surface area (Å²) in [6.07, 6.45) is 13.5. The van der Waals surface area contributed by atoms with Crippen LogP contribution in [0, 0.1) is 5.92 Å². The zero-order valence-electron chi connectivity index (χ0n) is 7.55. The van der Waals surface area contributed by atoms with E-state index in [1.807, 2.05) is 0 Å². The van der Waals surface area contributed by atoms with Crippen LogP contribution in [0.5, 0.6) is 0 Å². The summed E-state index contributed by atoms with van der Waals surface area (Å²) in [4.78, 5) is 0. The summed E-state index contributed by atoms with van der Waals surface area (Å²) in [6.45, 7) is 1.18. The fraction of sp³-hybridized carbons (Fsp3) is 0.636. The van der Waals surface area contributed by atoms with Crippen molar-refractivity contribution in [2.45, 2.75) is 32.1 Å². The van der Waals surface area contributed by atoms with Crippen LogP contribution in [-0.4, -0.2) is 6.54 Å². The van der Waals surface area contributed by atoms with E-state index in [1.165, 1.54) is 44.3 Å². The molecule has 1 heteroatoms. The first-order valence-electron chi connectivity index (χ1n) is 5.07. The van der Waals surface area contributed by atoms with E-state index in [0.29, 0.717) is 0 Å². The highest BCUT2D eigenvalue weighted by Gasteiger charge is 2.15. The molecule has 0 bridgehead atoms. The van der Waals surface area contributed by atoms with Crippen LogP contribution in [-0.2, 0) is 0 Å². The highest BCUT2D eigenvalue weighted by Crippen LogP contribution is 2.25. The van der Waals surface area contributed by atoms with Crippen molar-refractivity contribution in [1.29, 1.82) is 0 Å². The van der Waals surface area contributed by atoms with Crippen molar-refractivity contribution in [1.82, 2.24) is 5.32 Å². The van der Waals surface area contributed by atoms with Crippen molar-refractivity contribution in [3.8, 4) is 0 Å². The molecule has 0 radical (unpaired) electrons. The van der Waals surface area contributed by atoms with Crippen LogP contribution in [0.15, 0.2) is 23.9 Å². The topological polar surface area (TPSA) is 12.0 Å². The Morgan fingerprint density at radius 1 is 1.25 bits per heavy atom. The van der Waals surface area contributed by atoms with Gasteiger partial charge in [-0.3, -0.25) is 0 Å². The molecule has 0 aromatic rings. The van der Waals surface area contributed by atoms with Gasteiger partial charge in [0.25, 0.3) is 0 Å². The average Bonchev–Trinajstić information content (AvgIpc) is 2.06. The molecule has 1 atom stereocenters. The largest absolute Gasteiger partial charge is 0.388 e. The van der Waals surface area contributed by atoms with E-state index in [9.17, 15) is 0 Å². The fourth-order valence-corrected chi connectivity index (χ4v) is 2.08. The lowest BCUT2D eigenvalue weighted by atomic mass is 9.90. The van der Waals surface area contributed by atoms with E-state index in [2.05, 4.69) is 23.5 Å². The Bertz CT molecular complexity index is 203. The molecule has 1 aliphatic heterocycles. The van der Waals surface area contributed by atoms with E-state index in [1.54, 1.807) is 0 Å². The Balaban J connectivity index is 2.04. The number of fused-ring (bicyclic) bond motifs is 1. The number of rotatable bonds is 0. The standard InChI is InChI=1S/C11H17N/c1-2-6-10-7-3-4-8-11(10)12-9-5-1/h3-4,8,10,12H,1-2,5-7,9H2. The van der Waals surface area contributed by atoms with E-state index >= 15 is 0 Å². The average molecular weight is 163 g/mol. The first kappa shape index (κ1) is 7.90. The van der Waals surface area contributed by atoms with Gasteiger partial charge in [-0.1, -0.05) is 25.0 Å². The highest BCUT2D eigenvalue weighted by molar-refractivity contribution is 5.19. The number of hydrogen-bond acceptors (Lipinski definition) is 1. The summed E-state index contributed by atoms with van der Waals surface area (Å²) in [5, 5.41) is 3.53. The lowest BCUT2D eigenvalue weighted by Crippen LogP contribution is -2.24. The molecule has 1 saturated heterocycles. The minimum absolute atomic E-state index is 0.801. The number of nitrogens with one attached hydrogen (secondary N) is 1. The Morgan fingerprint density at radius 2 is 2.25 bits per heavy atom. The van der Waals surface area contributed by atoms with Crippen molar-refractivity contribution < 1.29 is 0 Å². The molecule has 66 valence electrons. The van der Waals surface area contributed by atoms with Crippen molar-refractivity contribution in [3.63, 3.8) is 0 Å². The normalized spacial score (nSPS) is 29.3. The van der Waals surface area contributed by atoms with Gasteiger partial charge in [-0.2, -0.15) is 0 Å². The van der Waals surface area contributed by atoms with Gasteiger partial charge in [0.15, 0.2) is 0 Å². The quantitative estimate of drug-likeness (QED) is 0.579. The second-order valence-electron chi connectivity index (χ2n) is 3.76. The molecule has 1 fully saturated rings. The van der Waals surface area contributed by atoms with Crippen molar-refractivity contribution in [2.24, 2.45) is 5.92 Å². The maximum absolute atomic E-state index is 3.53. The molecule has 0 amide bonds. The van der Waals surface area contributed by atoms with Crippen LogP contribution in [0.2, 0.25) is 0 Å². The molecule has 0 aromatic heterocycles. The maximum Gasteiger partial charge on any atom is 0.0144 e. The van der Waals surface area contributed by atoms with Gasteiger partial charge < -0.3 is 5.32 Å². The molecule has 1 aliphatic carbocycles. The first-order valence-corrected chi connectivity index (χ1v) is 5.07. The molecular weight excluding hydrogens is 146 g/mol. The third-order valence-corrected chi connectivity index (χ3v) is 2.83. The molecule has 1 unspecified atom stereocenters. The zero-order chi connectivity index (χ0) is 8.23. The molecule has 0 aromatic carbocycles. The van der Waals surface area contributed by atoms with Gasteiger partial charge in [0.1, 0.15) is 0 Å². The SMILES string of the molecule is C1=CCC2CCCCCNC2=C1. The molecule has 2 aliphatic rings. The first-order chi connectivity index (χ1) is 5.97. The second kappa shape index (κ2) is 3.79. The monoisotopic (exact) mass is 163 g/mol. The summed E-state index contributed by atoms with van der Waals surface area (Å²) in [6, 6.07) is 0. The maximum atomic E-state index is 3.53. The predicted octanol–water partition coefficient (Wildman–Crippen LogP) is 2.61. The van der Waals surface area contributed by atoms with Crippen LogP contribution >= 0.6 is 0 Å². The Hall–Kier alpha value is -0.720. The number of hydrogen-bond donors (Lipinski definition) is 1. The second-order valence-corrected chi connectivity index (χ2v) is 3.76. The Labute approximate surface area is 74.5 Å². The van der Waals surface area contributed by atoms with Gasteiger partial charge in [0, 0.05) is 18.2 Å². The van der Waals surface area contributed by atoms with Crippen molar-refractivity contribution in [2.75, 3.05) is 6.54 Å². The zero-order valence-corrected chi connectivity index (χ0v) is 7.55. The van der Waals surface area contributed by atoms with Crippen LogP contribution in [0.1, 0.15) is 32.1 Å². The Morgan fingerprint density at radius 3 is 3.25 bits per heavy atom. The summed E-state index contributed by atoms with van der Waals surface area (Å²) < 4.78 is 0. The molecule has 2 rings (SSSR count). The Kier molecular flexibility index (Phi) is 2.50. The smallest absolute Gasteiger partial charge is 0.0144 e. The molecule has 1 heterocycles. The van der Waals surface area contributed by atoms with Crippen LogP contribution < -0.4 is 5.32 Å². The summed E-state index contributed by atoms with van der Waals surface area (Å²) in [5.41, 5.74) is 1.48. The van der Waals surface area contributed by atoms with Crippen LogP contribution in [0.25, 0.3) is 0 Å². The van der Waals surface area contributed by atoms with Gasteiger partial charge >= 0.3 is 0 Å². The summed E-state index contributed by atoms with van der Waals surface area (Å²) in [7, 11) is 0. The van der Waals surface area contributed by atoms with Gasteiger partial charge in [-0.25, -0.2) is 0 Å². The molecular formula is C11H17N. The highest BCUT2D eigenvalue weighted by atomic mass is 14.9. The lowest BCUT2D eigenvalue weighted by Gasteiger charge is -2.25. The fourth-order valence-electron chi connectivity index (χ4n) is 2.08.